The number of rotatable bonds is 5. The molecule has 2 heterocycles. The topological polar surface area (TPSA) is 116 Å². The second-order valence-electron chi connectivity index (χ2n) is 4.40. The summed E-state index contributed by atoms with van der Waals surface area (Å²) in [6.45, 7) is 1.70. The van der Waals surface area contributed by atoms with Gasteiger partial charge in [0.2, 0.25) is 0 Å². The van der Waals surface area contributed by atoms with Crippen LogP contribution in [0.1, 0.15) is 28.9 Å². The molecule has 1 atom stereocenters. The summed E-state index contributed by atoms with van der Waals surface area (Å²) in [4.78, 5) is 14.9. The summed E-state index contributed by atoms with van der Waals surface area (Å²) >= 11 is 0. The number of hydrogen-bond acceptors (Lipinski definition) is 5. The van der Waals surface area contributed by atoms with Crippen molar-refractivity contribution in [2.45, 2.75) is 18.0 Å². The fraction of sp³-hybridized carbons (Fsp3) is 0.250. The molecule has 0 fully saturated rings. The molecule has 0 aliphatic heterocycles. The maximum atomic E-state index is 12.5. The van der Waals surface area contributed by atoms with E-state index >= 15 is 0 Å². The number of H-pyrrole nitrogens is 1. The molecule has 8 nitrogen and oxygen atoms in total. The van der Waals surface area contributed by atoms with E-state index in [2.05, 4.69) is 15.2 Å². The van der Waals surface area contributed by atoms with Crippen LogP contribution in [0, 0.1) is 0 Å². The van der Waals surface area contributed by atoms with E-state index in [-0.39, 0.29) is 5.56 Å². The lowest BCUT2D eigenvalue weighted by Crippen LogP contribution is -2.31. The van der Waals surface area contributed by atoms with Crippen molar-refractivity contribution < 1.29 is 18.3 Å². The second-order valence-corrected chi connectivity index (χ2v) is 6.33. The van der Waals surface area contributed by atoms with Gasteiger partial charge in [-0.25, -0.2) is 13.2 Å². The predicted molar refractivity (Wildman–Crippen MR) is 73.1 cm³/mol. The average molecular weight is 310 g/mol. The molecular weight excluding hydrogens is 296 g/mol. The largest absolute Gasteiger partial charge is 0.478 e. The van der Waals surface area contributed by atoms with Gasteiger partial charge in [-0.05, 0) is 24.6 Å². The highest BCUT2D eigenvalue weighted by atomic mass is 32.2. The third-order valence-electron chi connectivity index (χ3n) is 3.21. The third-order valence-corrected chi connectivity index (χ3v) is 5.11. The van der Waals surface area contributed by atoms with Gasteiger partial charge >= 0.3 is 5.97 Å². The van der Waals surface area contributed by atoms with Crippen molar-refractivity contribution in [3.05, 3.63) is 41.9 Å². The first kappa shape index (κ1) is 15.1. The van der Waals surface area contributed by atoms with Gasteiger partial charge in [0.05, 0.1) is 6.20 Å². The highest BCUT2D eigenvalue weighted by Gasteiger charge is 2.32. The van der Waals surface area contributed by atoms with Crippen LogP contribution in [0.3, 0.4) is 0 Å². The summed E-state index contributed by atoms with van der Waals surface area (Å²) in [5, 5.41) is 14.3. The first-order chi connectivity index (χ1) is 9.85. The normalized spacial score (nSPS) is 13.3. The lowest BCUT2D eigenvalue weighted by Gasteiger charge is -2.24. The van der Waals surface area contributed by atoms with Crippen LogP contribution < -0.4 is 0 Å². The van der Waals surface area contributed by atoms with Gasteiger partial charge < -0.3 is 5.11 Å². The van der Waals surface area contributed by atoms with Gasteiger partial charge in [0.25, 0.3) is 10.0 Å². The fourth-order valence-corrected chi connectivity index (χ4v) is 3.24. The molecule has 9 heteroatoms. The highest BCUT2D eigenvalue weighted by Crippen LogP contribution is 2.25. The maximum absolute atomic E-state index is 12.5. The number of pyridine rings is 1. The summed E-state index contributed by atoms with van der Waals surface area (Å²) in [5.74, 6) is -1.35. The monoisotopic (exact) mass is 310 g/mol. The predicted octanol–water partition coefficient (Wildman–Crippen LogP) is 0.885. The Labute approximate surface area is 121 Å². The number of nitrogens with zero attached hydrogens (tertiary/aromatic N) is 3. The molecular formula is C12H14N4O4S. The average Bonchev–Trinajstić information content (AvgIpc) is 2.97. The molecule has 0 saturated carbocycles. The van der Waals surface area contributed by atoms with Crippen LogP contribution in [0.5, 0.6) is 0 Å². The van der Waals surface area contributed by atoms with E-state index < -0.39 is 27.1 Å². The van der Waals surface area contributed by atoms with Gasteiger partial charge in [-0.1, -0.05) is 0 Å². The Morgan fingerprint density at radius 3 is 2.57 bits per heavy atom. The Morgan fingerprint density at radius 1 is 1.38 bits per heavy atom. The first-order valence-electron chi connectivity index (χ1n) is 6.00. The smallest absolute Gasteiger partial charge is 0.340 e. The van der Waals surface area contributed by atoms with Gasteiger partial charge in [0.15, 0.2) is 5.03 Å². The summed E-state index contributed by atoms with van der Waals surface area (Å²) in [7, 11) is -2.62. The third kappa shape index (κ3) is 2.78. The van der Waals surface area contributed by atoms with Crippen molar-refractivity contribution in [2.24, 2.45) is 0 Å². The van der Waals surface area contributed by atoms with E-state index in [0.717, 1.165) is 16.1 Å². The highest BCUT2D eigenvalue weighted by molar-refractivity contribution is 7.89. The number of aromatic nitrogens is 3. The molecule has 2 aromatic heterocycles. The first-order valence-corrected chi connectivity index (χ1v) is 7.44. The van der Waals surface area contributed by atoms with Crippen LogP contribution >= 0.6 is 0 Å². The minimum Gasteiger partial charge on any atom is -0.478 e. The summed E-state index contributed by atoms with van der Waals surface area (Å²) in [6, 6.07) is 2.91. The van der Waals surface area contributed by atoms with E-state index in [1.54, 1.807) is 31.5 Å². The molecule has 0 radical (unpaired) electrons. The zero-order valence-electron chi connectivity index (χ0n) is 11.4. The van der Waals surface area contributed by atoms with Crippen LogP contribution in [0.4, 0.5) is 0 Å². The zero-order chi connectivity index (χ0) is 15.6. The molecule has 21 heavy (non-hydrogen) atoms. The summed E-state index contributed by atoms with van der Waals surface area (Å²) < 4.78 is 26.1. The van der Waals surface area contributed by atoms with E-state index in [4.69, 9.17) is 5.11 Å². The van der Waals surface area contributed by atoms with E-state index in [1.807, 2.05) is 0 Å². The molecule has 0 saturated heterocycles. The molecule has 0 aromatic carbocycles. The lowest BCUT2D eigenvalue weighted by atomic mass is 10.1. The van der Waals surface area contributed by atoms with Crippen molar-refractivity contribution in [3.8, 4) is 0 Å². The van der Waals surface area contributed by atoms with Crippen molar-refractivity contribution in [1.29, 1.82) is 0 Å². The Hall–Kier alpha value is -2.26. The molecule has 0 bridgehead atoms. The maximum Gasteiger partial charge on any atom is 0.340 e. The molecule has 2 N–H and O–H groups in total. The molecule has 2 aromatic rings. The molecule has 2 rings (SSSR count). The Bertz CT molecular complexity index is 742. The SMILES string of the molecule is CC(c1ccncc1)N(C)S(=O)(=O)c1[nH]ncc1C(=O)O. The minimum atomic E-state index is -4.00. The number of sulfonamides is 1. The number of aromatic amines is 1. The molecule has 1 unspecified atom stereocenters. The van der Waals surface area contributed by atoms with Crippen LogP contribution in [0.25, 0.3) is 0 Å². The zero-order valence-corrected chi connectivity index (χ0v) is 12.2. The fourth-order valence-electron chi connectivity index (χ4n) is 1.83. The Morgan fingerprint density at radius 2 is 2.00 bits per heavy atom. The number of carboxylic acids is 1. The van der Waals surface area contributed by atoms with Crippen LogP contribution in [-0.4, -0.2) is 46.0 Å². The summed E-state index contributed by atoms with van der Waals surface area (Å²) in [5.41, 5.74) is 0.358. The summed E-state index contributed by atoms with van der Waals surface area (Å²) in [6.07, 6.45) is 4.09. The standard InChI is InChI=1S/C12H14N4O4S/c1-8(9-3-5-13-6-4-9)16(2)21(19,20)11-10(12(17)18)7-14-15-11/h3-8H,1-2H3,(H,14,15)(H,17,18). The van der Waals surface area contributed by atoms with Gasteiger partial charge in [0, 0.05) is 25.5 Å². The number of hydrogen-bond donors (Lipinski definition) is 2. The minimum absolute atomic E-state index is 0.385. The molecule has 0 aliphatic carbocycles. The number of carbonyl (C=O) groups is 1. The van der Waals surface area contributed by atoms with Crippen molar-refractivity contribution in [3.63, 3.8) is 0 Å². The van der Waals surface area contributed by atoms with Gasteiger partial charge in [0.1, 0.15) is 5.56 Å². The molecule has 0 aliphatic rings. The Kier molecular flexibility index (Phi) is 4.05. The molecule has 0 amide bonds. The van der Waals surface area contributed by atoms with Crippen molar-refractivity contribution in [2.75, 3.05) is 7.05 Å². The number of carboxylic acid groups (broad SMARTS) is 1. The van der Waals surface area contributed by atoms with Gasteiger partial charge in [-0.2, -0.15) is 9.40 Å². The van der Waals surface area contributed by atoms with Crippen molar-refractivity contribution >= 4 is 16.0 Å². The quantitative estimate of drug-likeness (QED) is 0.847. The van der Waals surface area contributed by atoms with Crippen LogP contribution in [-0.2, 0) is 10.0 Å². The van der Waals surface area contributed by atoms with Gasteiger partial charge in [-0.15, -0.1) is 0 Å². The van der Waals surface area contributed by atoms with Crippen LogP contribution in [0.2, 0.25) is 0 Å². The lowest BCUT2D eigenvalue weighted by molar-refractivity contribution is 0.0692. The van der Waals surface area contributed by atoms with Crippen LogP contribution in [0.15, 0.2) is 35.7 Å². The van der Waals surface area contributed by atoms with E-state index in [1.165, 1.54) is 7.05 Å². The van der Waals surface area contributed by atoms with Gasteiger partial charge in [-0.3, -0.25) is 10.1 Å². The Balaban J connectivity index is 2.39. The van der Waals surface area contributed by atoms with Crippen molar-refractivity contribution in [1.82, 2.24) is 19.5 Å². The van der Waals surface area contributed by atoms with E-state index in [0.29, 0.717) is 0 Å². The van der Waals surface area contributed by atoms with E-state index in [9.17, 15) is 13.2 Å². The number of aromatic carboxylic acids is 1. The second kappa shape index (κ2) is 5.62. The number of nitrogens with one attached hydrogen (secondary N) is 1. The molecule has 112 valence electrons. The molecule has 0 spiro atoms.